The molecule has 0 bridgehead atoms. The molecule has 0 aliphatic rings. The molecule has 0 spiro atoms. The normalized spacial score (nSPS) is 11.1. The van der Waals surface area contributed by atoms with Crippen molar-refractivity contribution in [3.8, 4) is 0 Å². The fourth-order valence-corrected chi connectivity index (χ4v) is 2.77. The quantitative estimate of drug-likeness (QED) is 0.198. The maximum absolute atomic E-state index is 13.2. The Labute approximate surface area is 199 Å². The summed E-state index contributed by atoms with van der Waals surface area (Å²) in [5.41, 5.74) is -0.838. The van der Waals surface area contributed by atoms with Gasteiger partial charge >= 0.3 is 0 Å². The SMILES string of the molecule is Fc1cc(F)cc(N=Cc2c(F)cccc2F)c1.Fc1cc(F)cc(N=Cc2c(F)cccc2F)c1. The minimum absolute atomic E-state index is 0.0600. The van der Waals surface area contributed by atoms with E-state index in [2.05, 4.69) is 9.98 Å². The van der Waals surface area contributed by atoms with Gasteiger partial charge in [-0.3, -0.25) is 9.98 Å². The first-order valence-corrected chi connectivity index (χ1v) is 10.0. The van der Waals surface area contributed by atoms with Crippen LogP contribution in [0.5, 0.6) is 0 Å². The topological polar surface area (TPSA) is 24.7 Å². The van der Waals surface area contributed by atoms with Gasteiger partial charge in [0, 0.05) is 24.6 Å². The summed E-state index contributed by atoms with van der Waals surface area (Å²) < 4.78 is 104. The van der Waals surface area contributed by atoms with E-state index in [4.69, 9.17) is 0 Å². The van der Waals surface area contributed by atoms with Crippen molar-refractivity contribution in [2.75, 3.05) is 0 Å². The molecule has 0 unspecified atom stereocenters. The summed E-state index contributed by atoms with van der Waals surface area (Å²) in [4.78, 5) is 7.27. The Balaban J connectivity index is 0.000000201. The highest BCUT2D eigenvalue weighted by atomic mass is 19.2. The third-order valence-corrected chi connectivity index (χ3v) is 4.38. The molecule has 0 N–H and O–H groups in total. The minimum atomic E-state index is -0.809. The minimum Gasteiger partial charge on any atom is -0.256 e. The molecule has 10 heteroatoms. The third kappa shape index (κ3) is 7.33. The van der Waals surface area contributed by atoms with Gasteiger partial charge in [-0.25, -0.2) is 35.1 Å². The van der Waals surface area contributed by atoms with E-state index >= 15 is 0 Å². The van der Waals surface area contributed by atoms with Gasteiger partial charge in [0.1, 0.15) is 46.5 Å². The molecule has 0 saturated carbocycles. The lowest BCUT2D eigenvalue weighted by molar-refractivity contribution is 0.579. The van der Waals surface area contributed by atoms with Gasteiger partial charge < -0.3 is 0 Å². The molecule has 0 atom stereocenters. The zero-order chi connectivity index (χ0) is 26.2. The molecule has 36 heavy (non-hydrogen) atoms. The van der Waals surface area contributed by atoms with Crippen molar-refractivity contribution in [1.82, 2.24) is 0 Å². The fraction of sp³-hybridized carbons (Fsp3) is 0. The average molecular weight is 506 g/mol. The third-order valence-electron chi connectivity index (χ3n) is 4.38. The van der Waals surface area contributed by atoms with E-state index in [1.54, 1.807) is 0 Å². The average Bonchev–Trinajstić information content (AvgIpc) is 2.78. The standard InChI is InChI=1S/2C13H7F4N/c2*14-8-4-9(15)6-10(5-8)18-7-11-12(16)2-1-3-13(11)17/h2*1-7H. The van der Waals surface area contributed by atoms with Crippen LogP contribution in [0.1, 0.15) is 11.1 Å². The number of benzene rings is 4. The van der Waals surface area contributed by atoms with Crippen LogP contribution >= 0.6 is 0 Å². The molecule has 4 aromatic carbocycles. The van der Waals surface area contributed by atoms with Crippen molar-refractivity contribution in [1.29, 1.82) is 0 Å². The van der Waals surface area contributed by atoms with E-state index in [1.165, 1.54) is 12.1 Å². The molecular weight excluding hydrogens is 492 g/mol. The van der Waals surface area contributed by atoms with Crippen molar-refractivity contribution in [3.05, 3.63) is 130 Å². The lowest BCUT2D eigenvalue weighted by Crippen LogP contribution is -1.92. The summed E-state index contributed by atoms with van der Waals surface area (Å²) >= 11 is 0. The van der Waals surface area contributed by atoms with Crippen LogP contribution in [0.25, 0.3) is 0 Å². The first-order chi connectivity index (χ1) is 17.1. The number of rotatable bonds is 4. The Morgan fingerprint density at radius 2 is 0.694 bits per heavy atom. The van der Waals surface area contributed by atoms with Crippen LogP contribution in [0.4, 0.5) is 46.5 Å². The molecular formula is C26H14F8N2. The van der Waals surface area contributed by atoms with E-state index < -0.39 is 46.5 Å². The largest absolute Gasteiger partial charge is 0.256 e. The molecule has 0 radical (unpaired) electrons. The Hall–Kier alpha value is -4.34. The molecule has 4 aromatic rings. The van der Waals surface area contributed by atoms with E-state index in [9.17, 15) is 35.1 Å². The van der Waals surface area contributed by atoms with Crippen molar-refractivity contribution in [3.63, 3.8) is 0 Å². The van der Waals surface area contributed by atoms with Crippen LogP contribution in [-0.4, -0.2) is 12.4 Å². The molecule has 184 valence electrons. The van der Waals surface area contributed by atoms with Crippen LogP contribution in [0.15, 0.2) is 82.8 Å². The Morgan fingerprint density at radius 3 is 0.972 bits per heavy atom. The Kier molecular flexibility index (Phi) is 8.66. The lowest BCUT2D eigenvalue weighted by atomic mass is 10.2. The highest BCUT2D eigenvalue weighted by Crippen LogP contribution is 2.18. The molecule has 0 aliphatic heterocycles. The number of aliphatic imine (C=N–C) groups is 2. The van der Waals surface area contributed by atoms with Crippen molar-refractivity contribution in [2.45, 2.75) is 0 Å². The Bertz CT molecular complexity index is 1240. The highest BCUT2D eigenvalue weighted by Gasteiger charge is 2.07. The fourth-order valence-electron chi connectivity index (χ4n) is 2.77. The second-order valence-electron chi connectivity index (χ2n) is 7.04. The highest BCUT2D eigenvalue weighted by molar-refractivity contribution is 5.83. The maximum Gasteiger partial charge on any atom is 0.134 e. The van der Waals surface area contributed by atoms with E-state index in [0.717, 1.165) is 61.0 Å². The van der Waals surface area contributed by atoms with Gasteiger partial charge in [-0.1, -0.05) is 12.1 Å². The summed E-state index contributed by atoms with van der Waals surface area (Å²) in [5.74, 6) is -6.42. The zero-order valence-corrected chi connectivity index (χ0v) is 18.0. The summed E-state index contributed by atoms with van der Waals surface area (Å²) in [7, 11) is 0. The van der Waals surface area contributed by atoms with E-state index in [1.807, 2.05) is 0 Å². The molecule has 0 aliphatic carbocycles. The van der Waals surface area contributed by atoms with Gasteiger partial charge in [-0.2, -0.15) is 0 Å². The second kappa shape index (κ2) is 11.9. The summed E-state index contributed by atoms with van der Waals surface area (Å²) in [5, 5.41) is 0. The van der Waals surface area contributed by atoms with Gasteiger partial charge in [0.15, 0.2) is 0 Å². The van der Waals surface area contributed by atoms with Gasteiger partial charge in [-0.15, -0.1) is 0 Å². The molecule has 0 heterocycles. The predicted molar refractivity (Wildman–Crippen MR) is 120 cm³/mol. The van der Waals surface area contributed by atoms with E-state index in [-0.39, 0.29) is 22.5 Å². The Morgan fingerprint density at radius 1 is 0.417 bits per heavy atom. The molecule has 0 aromatic heterocycles. The van der Waals surface area contributed by atoms with Crippen LogP contribution < -0.4 is 0 Å². The van der Waals surface area contributed by atoms with Crippen molar-refractivity contribution < 1.29 is 35.1 Å². The first kappa shape index (κ1) is 26.3. The van der Waals surface area contributed by atoms with Crippen LogP contribution in [0, 0.1) is 46.5 Å². The van der Waals surface area contributed by atoms with E-state index in [0.29, 0.717) is 12.1 Å². The summed E-state index contributed by atoms with van der Waals surface area (Å²) in [6.45, 7) is 0. The van der Waals surface area contributed by atoms with Crippen molar-refractivity contribution in [2.24, 2.45) is 9.98 Å². The zero-order valence-electron chi connectivity index (χ0n) is 18.0. The smallest absolute Gasteiger partial charge is 0.134 e. The van der Waals surface area contributed by atoms with Crippen LogP contribution in [0.2, 0.25) is 0 Å². The molecule has 4 rings (SSSR count). The number of nitrogens with zero attached hydrogens (tertiary/aromatic N) is 2. The van der Waals surface area contributed by atoms with Gasteiger partial charge in [0.25, 0.3) is 0 Å². The number of hydrogen-bond donors (Lipinski definition) is 0. The van der Waals surface area contributed by atoms with Gasteiger partial charge in [0.2, 0.25) is 0 Å². The molecule has 0 saturated heterocycles. The maximum atomic E-state index is 13.2. The van der Waals surface area contributed by atoms with Crippen LogP contribution in [-0.2, 0) is 0 Å². The lowest BCUT2D eigenvalue weighted by Gasteiger charge is -1.98. The second-order valence-corrected chi connectivity index (χ2v) is 7.04. The van der Waals surface area contributed by atoms with Gasteiger partial charge in [0.05, 0.1) is 22.5 Å². The van der Waals surface area contributed by atoms with Crippen LogP contribution in [0.3, 0.4) is 0 Å². The first-order valence-electron chi connectivity index (χ1n) is 10.0. The monoisotopic (exact) mass is 506 g/mol. The predicted octanol–water partition coefficient (Wildman–Crippen LogP) is 7.99. The number of halogens is 8. The van der Waals surface area contributed by atoms with Gasteiger partial charge in [-0.05, 0) is 48.5 Å². The number of hydrogen-bond acceptors (Lipinski definition) is 2. The molecule has 0 amide bonds. The van der Waals surface area contributed by atoms with Crippen molar-refractivity contribution >= 4 is 23.8 Å². The summed E-state index contributed by atoms with van der Waals surface area (Å²) in [6, 6.07) is 11.9. The summed E-state index contributed by atoms with van der Waals surface area (Å²) in [6.07, 6.45) is 1.78. The molecule has 0 fully saturated rings. The molecule has 2 nitrogen and oxygen atoms in total.